The molecule has 0 aromatic rings. The largest absolute Gasteiger partial charge is 0.257 e. The van der Waals surface area contributed by atoms with E-state index < -0.39 is 0 Å². The van der Waals surface area contributed by atoms with E-state index in [2.05, 4.69) is 13.8 Å². The Morgan fingerprint density at radius 3 is 2.53 bits per heavy atom. The average molecular weight is 232 g/mol. The van der Waals surface area contributed by atoms with Crippen molar-refractivity contribution < 1.29 is 0 Å². The van der Waals surface area contributed by atoms with E-state index >= 15 is 0 Å². The van der Waals surface area contributed by atoms with Gasteiger partial charge in [0, 0.05) is 11.4 Å². The Bertz CT molecular complexity index is 322. The van der Waals surface area contributed by atoms with Crippen molar-refractivity contribution in [3.05, 3.63) is 22.5 Å². The van der Waals surface area contributed by atoms with Crippen molar-refractivity contribution in [2.24, 2.45) is 0 Å². The molecule has 1 aliphatic carbocycles. The first-order valence-electron chi connectivity index (χ1n) is 7.46. The minimum atomic E-state index is 1.21. The highest BCUT2D eigenvalue weighted by Gasteiger charge is 2.24. The highest BCUT2D eigenvalue weighted by molar-refractivity contribution is 5.44. The quantitative estimate of drug-likeness (QED) is 0.568. The van der Waals surface area contributed by atoms with Crippen LogP contribution in [-0.4, -0.2) is 0 Å². The van der Waals surface area contributed by atoms with E-state index in [1.807, 2.05) is 0 Å². The van der Waals surface area contributed by atoms with E-state index in [0.29, 0.717) is 0 Å². The maximum absolute atomic E-state index is 4.87. The van der Waals surface area contributed by atoms with E-state index in [0.717, 1.165) is 0 Å². The summed E-state index contributed by atoms with van der Waals surface area (Å²) in [7, 11) is 0. The Morgan fingerprint density at radius 2 is 1.76 bits per heavy atom. The molecule has 0 amide bonds. The van der Waals surface area contributed by atoms with Gasteiger partial charge < -0.3 is 0 Å². The van der Waals surface area contributed by atoms with Crippen molar-refractivity contribution in [1.29, 1.82) is 0 Å². The Kier molecular flexibility index (Phi) is 4.70. The summed E-state index contributed by atoms with van der Waals surface area (Å²) in [5.41, 5.74) is 5.96. The van der Waals surface area contributed by atoms with Crippen LogP contribution in [0.3, 0.4) is 0 Å². The normalized spacial score (nSPS) is 19.6. The van der Waals surface area contributed by atoms with E-state index in [4.69, 9.17) is 5.32 Å². The fraction of sp³-hybridized carbons (Fsp3) is 0.750. The lowest BCUT2D eigenvalue weighted by atomic mass is 9.93. The zero-order chi connectivity index (χ0) is 12.1. The summed E-state index contributed by atoms with van der Waals surface area (Å²) in [6, 6.07) is 0. The van der Waals surface area contributed by atoms with Crippen LogP contribution in [0.25, 0.3) is 0 Å². The van der Waals surface area contributed by atoms with Gasteiger partial charge in [-0.05, 0) is 56.6 Å². The Labute approximate surface area is 106 Å². The third kappa shape index (κ3) is 3.14. The van der Waals surface area contributed by atoms with Crippen LogP contribution < -0.4 is 5.32 Å². The van der Waals surface area contributed by atoms with Crippen molar-refractivity contribution in [2.75, 3.05) is 0 Å². The number of hydrogen-bond acceptors (Lipinski definition) is 0. The zero-order valence-electron chi connectivity index (χ0n) is 11.5. The highest BCUT2D eigenvalue weighted by Crippen LogP contribution is 2.37. The fourth-order valence-electron chi connectivity index (χ4n) is 2.98. The van der Waals surface area contributed by atoms with Crippen molar-refractivity contribution in [3.8, 4) is 0 Å². The number of allylic oxidation sites excluding steroid dienone is 4. The van der Waals surface area contributed by atoms with Crippen LogP contribution in [0.2, 0.25) is 0 Å². The summed E-state index contributed by atoms with van der Waals surface area (Å²) in [4.78, 5) is 0. The molecule has 0 unspecified atom stereocenters. The third-order valence-corrected chi connectivity index (χ3v) is 4.11. The molecule has 95 valence electrons. The molecule has 17 heavy (non-hydrogen) atoms. The monoisotopic (exact) mass is 232 g/mol. The lowest BCUT2D eigenvalue weighted by Crippen LogP contribution is -2.03. The van der Waals surface area contributed by atoms with Crippen molar-refractivity contribution in [2.45, 2.75) is 78.1 Å². The molecule has 0 saturated carbocycles. The lowest BCUT2D eigenvalue weighted by Gasteiger charge is -2.13. The Hall–Kier alpha value is -0.720. The molecule has 1 nitrogen and oxygen atoms in total. The van der Waals surface area contributed by atoms with E-state index in [1.165, 1.54) is 81.2 Å². The van der Waals surface area contributed by atoms with E-state index in [1.54, 1.807) is 5.57 Å². The SMILES string of the molecule is CCCCCCCC1=C(C)C2=C(CCCC2)[N]1. The molecule has 0 aromatic heterocycles. The highest BCUT2D eigenvalue weighted by atomic mass is 14.9. The van der Waals surface area contributed by atoms with Gasteiger partial charge in [-0.1, -0.05) is 32.6 Å². The van der Waals surface area contributed by atoms with Crippen LogP contribution in [0.1, 0.15) is 78.1 Å². The standard InChI is InChI=1S/C16H26N/c1-3-4-5-6-7-11-15-13(2)14-10-8-9-12-16(14)17-15/h3-12H2,1-2H3. The Balaban J connectivity index is 1.77. The van der Waals surface area contributed by atoms with E-state index in [9.17, 15) is 0 Å². The summed E-state index contributed by atoms with van der Waals surface area (Å²) in [6.45, 7) is 4.56. The van der Waals surface area contributed by atoms with Crippen LogP contribution >= 0.6 is 0 Å². The lowest BCUT2D eigenvalue weighted by molar-refractivity contribution is 0.615. The summed E-state index contributed by atoms with van der Waals surface area (Å²) in [6.07, 6.45) is 13.3. The van der Waals surface area contributed by atoms with Gasteiger partial charge in [0.25, 0.3) is 0 Å². The van der Waals surface area contributed by atoms with Gasteiger partial charge in [0.1, 0.15) is 0 Å². The first-order valence-corrected chi connectivity index (χ1v) is 7.46. The van der Waals surface area contributed by atoms with Gasteiger partial charge in [0.2, 0.25) is 0 Å². The van der Waals surface area contributed by atoms with Gasteiger partial charge in [-0.2, -0.15) is 0 Å². The van der Waals surface area contributed by atoms with Gasteiger partial charge in [0.15, 0.2) is 0 Å². The van der Waals surface area contributed by atoms with Crippen LogP contribution in [0, 0.1) is 0 Å². The summed E-state index contributed by atoms with van der Waals surface area (Å²) >= 11 is 0. The predicted octanol–water partition coefficient (Wildman–Crippen LogP) is 5.07. The maximum Gasteiger partial charge on any atom is 0.0442 e. The second kappa shape index (κ2) is 6.28. The van der Waals surface area contributed by atoms with Crippen LogP contribution in [0.5, 0.6) is 0 Å². The first-order chi connectivity index (χ1) is 8.33. The second-order valence-electron chi connectivity index (χ2n) is 5.48. The predicted molar refractivity (Wildman–Crippen MR) is 73.7 cm³/mol. The molecular formula is C16H26N. The van der Waals surface area contributed by atoms with Gasteiger partial charge in [-0.3, -0.25) is 5.32 Å². The molecule has 2 aliphatic rings. The van der Waals surface area contributed by atoms with Gasteiger partial charge in [-0.15, -0.1) is 0 Å². The fourth-order valence-corrected chi connectivity index (χ4v) is 2.98. The molecule has 2 rings (SSSR count). The molecule has 0 aromatic carbocycles. The summed E-state index contributed by atoms with van der Waals surface area (Å²) < 4.78 is 0. The maximum atomic E-state index is 4.87. The molecule has 1 radical (unpaired) electrons. The second-order valence-corrected chi connectivity index (χ2v) is 5.48. The van der Waals surface area contributed by atoms with Gasteiger partial charge >= 0.3 is 0 Å². The van der Waals surface area contributed by atoms with Gasteiger partial charge in [0.05, 0.1) is 0 Å². The smallest absolute Gasteiger partial charge is 0.0442 e. The van der Waals surface area contributed by atoms with Crippen molar-refractivity contribution >= 4 is 0 Å². The zero-order valence-corrected chi connectivity index (χ0v) is 11.5. The minimum absolute atomic E-state index is 1.21. The number of unbranched alkanes of at least 4 members (excludes halogenated alkanes) is 4. The van der Waals surface area contributed by atoms with Crippen molar-refractivity contribution in [3.63, 3.8) is 0 Å². The molecule has 1 heterocycles. The number of nitrogens with zero attached hydrogens (tertiary/aromatic N) is 1. The molecular weight excluding hydrogens is 206 g/mol. The molecule has 0 bridgehead atoms. The molecule has 0 N–H and O–H groups in total. The molecule has 1 heteroatoms. The number of rotatable bonds is 6. The average Bonchev–Trinajstić information content (AvgIpc) is 2.67. The van der Waals surface area contributed by atoms with Crippen LogP contribution in [0.15, 0.2) is 22.5 Å². The first kappa shape index (κ1) is 12.7. The van der Waals surface area contributed by atoms with Gasteiger partial charge in [-0.25, -0.2) is 0 Å². The summed E-state index contributed by atoms with van der Waals surface area (Å²) in [5.74, 6) is 0. The topological polar surface area (TPSA) is 14.1 Å². The number of hydrogen-bond donors (Lipinski definition) is 0. The molecule has 0 fully saturated rings. The third-order valence-electron chi connectivity index (χ3n) is 4.11. The van der Waals surface area contributed by atoms with Crippen molar-refractivity contribution in [1.82, 2.24) is 5.32 Å². The molecule has 0 saturated heterocycles. The molecule has 0 atom stereocenters. The molecule has 1 aliphatic heterocycles. The van der Waals surface area contributed by atoms with Crippen LogP contribution in [0.4, 0.5) is 0 Å². The summed E-state index contributed by atoms with van der Waals surface area (Å²) in [5, 5.41) is 4.87. The minimum Gasteiger partial charge on any atom is -0.257 e. The van der Waals surface area contributed by atoms with E-state index in [-0.39, 0.29) is 0 Å². The molecule has 0 spiro atoms. The van der Waals surface area contributed by atoms with Crippen LogP contribution in [-0.2, 0) is 0 Å². The Morgan fingerprint density at radius 1 is 1.00 bits per heavy atom.